The number of carbonyl (C=O) groups excluding carboxylic acids is 3. The van der Waals surface area contributed by atoms with Crippen molar-refractivity contribution < 1.29 is 23.9 Å². The van der Waals surface area contributed by atoms with Gasteiger partial charge in [-0.25, -0.2) is 0 Å². The van der Waals surface area contributed by atoms with Crippen molar-refractivity contribution in [3.05, 3.63) is 12.2 Å². The first kappa shape index (κ1) is 18.9. The third-order valence-electron chi connectivity index (χ3n) is 2.90. The van der Waals surface area contributed by atoms with Gasteiger partial charge in [0.25, 0.3) is 0 Å². The molecule has 0 spiro atoms. The minimum atomic E-state index is -1.58. The molecule has 0 aromatic heterocycles. The Balaban J connectivity index is 5.41. The average Bonchev–Trinajstić information content (AvgIpc) is 2.44. The standard InChI is InChI=1S/C16H22O5/c1-5-10-16(14(18)20-6-2,15(19)21-7-3)12-13(4)9-8-11-17/h1,11H,4,6-10,12H2,2-3H3. The topological polar surface area (TPSA) is 69.7 Å². The van der Waals surface area contributed by atoms with E-state index in [1.807, 2.05) is 0 Å². The second kappa shape index (κ2) is 9.76. The van der Waals surface area contributed by atoms with Crippen LogP contribution in [0.5, 0.6) is 0 Å². The van der Waals surface area contributed by atoms with Gasteiger partial charge in [-0.3, -0.25) is 9.59 Å². The maximum Gasteiger partial charge on any atom is 0.324 e. The molecule has 0 saturated carbocycles. The summed E-state index contributed by atoms with van der Waals surface area (Å²) in [6, 6.07) is 0. The molecule has 0 bridgehead atoms. The minimum absolute atomic E-state index is 0.0166. The molecule has 0 unspecified atom stereocenters. The van der Waals surface area contributed by atoms with Crippen molar-refractivity contribution >= 4 is 18.2 Å². The van der Waals surface area contributed by atoms with Crippen LogP contribution in [0.3, 0.4) is 0 Å². The Kier molecular flexibility index (Phi) is 8.79. The zero-order valence-electron chi connectivity index (χ0n) is 12.6. The Bertz CT molecular complexity index is 412. The summed E-state index contributed by atoms with van der Waals surface area (Å²) in [4.78, 5) is 34.9. The zero-order valence-corrected chi connectivity index (χ0v) is 12.6. The average molecular weight is 294 g/mol. The molecule has 116 valence electrons. The highest BCUT2D eigenvalue weighted by molar-refractivity contribution is 6.00. The number of ether oxygens (including phenoxy) is 2. The summed E-state index contributed by atoms with van der Waals surface area (Å²) in [5.74, 6) is 0.908. The van der Waals surface area contributed by atoms with Gasteiger partial charge in [0.05, 0.1) is 13.2 Å². The number of allylic oxidation sites excluding steroid dienone is 1. The van der Waals surface area contributed by atoms with Crippen molar-refractivity contribution in [3.8, 4) is 12.3 Å². The van der Waals surface area contributed by atoms with Crippen molar-refractivity contribution in [2.75, 3.05) is 13.2 Å². The first-order chi connectivity index (χ1) is 9.98. The van der Waals surface area contributed by atoms with Crippen molar-refractivity contribution in [1.82, 2.24) is 0 Å². The largest absolute Gasteiger partial charge is 0.465 e. The van der Waals surface area contributed by atoms with Gasteiger partial charge >= 0.3 is 11.9 Å². The summed E-state index contributed by atoms with van der Waals surface area (Å²) < 4.78 is 9.97. The summed E-state index contributed by atoms with van der Waals surface area (Å²) >= 11 is 0. The Morgan fingerprint density at radius 2 is 1.76 bits per heavy atom. The summed E-state index contributed by atoms with van der Waals surface area (Å²) in [5.41, 5.74) is -1.00. The third kappa shape index (κ3) is 5.42. The second-order valence-electron chi connectivity index (χ2n) is 4.54. The molecule has 0 heterocycles. The van der Waals surface area contributed by atoms with Crippen LogP contribution in [0.1, 0.15) is 39.5 Å². The van der Waals surface area contributed by atoms with E-state index in [4.69, 9.17) is 15.9 Å². The van der Waals surface area contributed by atoms with Gasteiger partial charge in [0.2, 0.25) is 0 Å². The van der Waals surface area contributed by atoms with Crippen LogP contribution in [0.25, 0.3) is 0 Å². The van der Waals surface area contributed by atoms with Gasteiger partial charge in [0.15, 0.2) is 5.41 Å². The Labute approximate surface area is 125 Å². The summed E-state index contributed by atoms with van der Waals surface area (Å²) in [6.45, 7) is 7.35. The van der Waals surface area contributed by atoms with Crippen LogP contribution in [-0.4, -0.2) is 31.4 Å². The molecule has 0 aromatic carbocycles. The van der Waals surface area contributed by atoms with Gasteiger partial charge in [-0.2, -0.15) is 0 Å². The van der Waals surface area contributed by atoms with Crippen LogP contribution in [0.2, 0.25) is 0 Å². The molecule has 0 atom stereocenters. The van der Waals surface area contributed by atoms with Gasteiger partial charge < -0.3 is 14.3 Å². The normalized spacial score (nSPS) is 10.3. The first-order valence-electron chi connectivity index (χ1n) is 6.86. The third-order valence-corrected chi connectivity index (χ3v) is 2.90. The SMILES string of the molecule is C#CCC(CC(=C)CCC=O)(C(=O)OCC)C(=O)OCC. The summed E-state index contributed by atoms with van der Waals surface area (Å²) in [6.07, 6.45) is 6.60. The second-order valence-corrected chi connectivity index (χ2v) is 4.54. The number of hydrogen-bond acceptors (Lipinski definition) is 5. The van der Waals surface area contributed by atoms with E-state index in [1.165, 1.54) is 0 Å². The van der Waals surface area contributed by atoms with Crippen molar-refractivity contribution in [2.45, 2.75) is 39.5 Å². The van der Waals surface area contributed by atoms with Crippen LogP contribution in [-0.2, 0) is 23.9 Å². The highest BCUT2D eigenvalue weighted by Gasteiger charge is 2.48. The minimum Gasteiger partial charge on any atom is -0.465 e. The molecule has 0 rings (SSSR count). The molecule has 0 aliphatic rings. The maximum atomic E-state index is 12.3. The van der Waals surface area contributed by atoms with Gasteiger partial charge in [-0.1, -0.05) is 12.2 Å². The molecular formula is C16H22O5. The number of rotatable bonds is 10. The molecule has 0 aliphatic heterocycles. The Morgan fingerprint density at radius 3 is 2.14 bits per heavy atom. The molecule has 21 heavy (non-hydrogen) atoms. The van der Waals surface area contributed by atoms with E-state index in [0.717, 1.165) is 6.29 Å². The van der Waals surface area contributed by atoms with Crippen LogP contribution in [0, 0.1) is 17.8 Å². The lowest BCUT2D eigenvalue weighted by Crippen LogP contribution is -2.42. The quantitative estimate of drug-likeness (QED) is 0.203. The Morgan fingerprint density at radius 1 is 1.24 bits per heavy atom. The van der Waals surface area contributed by atoms with Crippen LogP contribution < -0.4 is 0 Å². The molecule has 0 fully saturated rings. The van der Waals surface area contributed by atoms with Crippen LogP contribution >= 0.6 is 0 Å². The molecule has 0 aromatic rings. The van der Waals surface area contributed by atoms with E-state index in [1.54, 1.807) is 13.8 Å². The fourth-order valence-electron chi connectivity index (χ4n) is 1.93. The van der Waals surface area contributed by atoms with E-state index >= 15 is 0 Å². The highest BCUT2D eigenvalue weighted by Crippen LogP contribution is 2.34. The zero-order chi connectivity index (χ0) is 16.3. The van der Waals surface area contributed by atoms with Crippen LogP contribution in [0.15, 0.2) is 12.2 Å². The highest BCUT2D eigenvalue weighted by atomic mass is 16.6. The first-order valence-corrected chi connectivity index (χ1v) is 6.86. The molecule has 5 heteroatoms. The molecule has 0 radical (unpaired) electrons. The van der Waals surface area contributed by atoms with Gasteiger partial charge in [0.1, 0.15) is 6.29 Å². The maximum absolute atomic E-state index is 12.3. The lowest BCUT2D eigenvalue weighted by molar-refractivity contribution is -0.171. The molecule has 0 amide bonds. The predicted octanol–water partition coefficient (Wildman–Crippen LogP) is 2.05. The van der Waals surface area contributed by atoms with E-state index in [9.17, 15) is 14.4 Å². The van der Waals surface area contributed by atoms with E-state index in [-0.39, 0.29) is 32.5 Å². The number of hydrogen-bond donors (Lipinski definition) is 0. The number of aldehydes is 1. The summed E-state index contributed by atoms with van der Waals surface area (Å²) in [7, 11) is 0. The fourth-order valence-corrected chi connectivity index (χ4v) is 1.93. The molecule has 0 saturated heterocycles. The van der Waals surface area contributed by atoms with E-state index in [0.29, 0.717) is 12.0 Å². The molecular weight excluding hydrogens is 272 g/mol. The van der Waals surface area contributed by atoms with Crippen molar-refractivity contribution in [3.63, 3.8) is 0 Å². The fraction of sp³-hybridized carbons (Fsp3) is 0.562. The summed E-state index contributed by atoms with van der Waals surface area (Å²) in [5, 5.41) is 0. The number of terminal acetylenes is 1. The van der Waals surface area contributed by atoms with Gasteiger partial charge in [0, 0.05) is 12.8 Å². The number of carbonyl (C=O) groups is 3. The number of esters is 2. The van der Waals surface area contributed by atoms with Gasteiger partial charge in [-0.15, -0.1) is 12.3 Å². The van der Waals surface area contributed by atoms with E-state index in [2.05, 4.69) is 12.5 Å². The Hall–Kier alpha value is -2.09. The monoisotopic (exact) mass is 294 g/mol. The molecule has 0 N–H and O–H groups in total. The van der Waals surface area contributed by atoms with Gasteiger partial charge in [-0.05, 0) is 26.7 Å². The molecule has 0 aliphatic carbocycles. The lowest BCUT2D eigenvalue weighted by Gasteiger charge is -2.28. The van der Waals surface area contributed by atoms with Crippen molar-refractivity contribution in [2.24, 2.45) is 5.41 Å². The molecule has 5 nitrogen and oxygen atoms in total. The van der Waals surface area contributed by atoms with Crippen molar-refractivity contribution in [1.29, 1.82) is 0 Å². The lowest BCUT2D eigenvalue weighted by atomic mass is 9.78. The predicted molar refractivity (Wildman–Crippen MR) is 78.2 cm³/mol. The van der Waals surface area contributed by atoms with Crippen LogP contribution in [0.4, 0.5) is 0 Å². The smallest absolute Gasteiger partial charge is 0.324 e. The van der Waals surface area contributed by atoms with E-state index < -0.39 is 17.4 Å².